The Bertz CT molecular complexity index is 772. The summed E-state index contributed by atoms with van der Waals surface area (Å²) in [6, 6.07) is 17.8. The maximum atomic E-state index is 11.9. The second-order valence-electron chi connectivity index (χ2n) is 4.79. The lowest BCUT2D eigenvalue weighted by Gasteiger charge is -2.06. The highest BCUT2D eigenvalue weighted by molar-refractivity contribution is 8.00. The number of nitrogens with one attached hydrogen (secondary N) is 1. The molecule has 0 unspecified atom stereocenters. The minimum Gasteiger partial charge on any atom is -0.351 e. The summed E-state index contributed by atoms with van der Waals surface area (Å²) in [6.45, 7) is 0.543. The first-order valence-corrected chi connectivity index (χ1v) is 7.95. The van der Waals surface area contributed by atoms with Crippen LogP contribution in [0.3, 0.4) is 0 Å². The zero-order valence-electron chi connectivity index (χ0n) is 11.9. The number of hydrogen-bond donors (Lipinski definition) is 1. The number of hydrogen-bond acceptors (Lipinski definition) is 4. The van der Waals surface area contributed by atoms with Gasteiger partial charge in [0.25, 0.3) is 0 Å². The van der Waals surface area contributed by atoms with Crippen molar-refractivity contribution in [2.24, 2.45) is 0 Å². The van der Waals surface area contributed by atoms with E-state index in [4.69, 9.17) is 0 Å². The largest absolute Gasteiger partial charge is 0.351 e. The van der Waals surface area contributed by atoms with Crippen LogP contribution in [-0.4, -0.2) is 21.9 Å². The highest BCUT2D eigenvalue weighted by atomic mass is 32.2. The average molecular weight is 309 g/mol. The molecule has 0 aliphatic heterocycles. The molecule has 0 aliphatic rings. The number of aromatic nitrogens is 2. The van der Waals surface area contributed by atoms with Gasteiger partial charge in [-0.25, -0.2) is 0 Å². The zero-order valence-corrected chi connectivity index (χ0v) is 12.7. The second kappa shape index (κ2) is 7.04. The molecule has 0 saturated heterocycles. The van der Waals surface area contributed by atoms with Crippen LogP contribution in [-0.2, 0) is 11.3 Å². The van der Waals surface area contributed by atoms with E-state index in [1.54, 1.807) is 6.20 Å². The molecule has 0 radical (unpaired) electrons. The summed E-state index contributed by atoms with van der Waals surface area (Å²) < 4.78 is 0. The van der Waals surface area contributed by atoms with Crippen molar-refractivity contribution in [3.05, 3.63) is 66.4 Å². The molecule has 0 bridgehead atoms. The van der Waals surface area contributed by atoms with E-state index in [1.807, 2.05) is 54.6 Å². The Morgan fingerprint density at radius 1 is 1.05 bits per heavy atom. The first-order valence-electron chi connectivity index (χ1n) is 6.97. The van der Waals surface area contributed by atoms with Crippen LogP contribution in [0.5, 0.6) is 0 Å². The van der Waals surface area contributed by atoms with E-state index in [0.29, 0.717) is 12.3 Å². The number of fused-ring (bicyclic) bond motifs is 1. The van der Waals surface area contributed by atoms with Crippen LogP contribution in [0.4, 0.5) is 0 Å². The first-order chi connectivity index (χ1) is 10.8. The van der Waals surface area contributed by atoms with E-state index in [0.717, 1.165) is 21.4 Å². The summed E-state index contributed by atoms with van der Waals surface area (Å²) in [6.07, 6.45) is 1.73. The van der Waals surface area contributed by atoms with Crippen molar-refractivity contribution >= 4 is 28.4 Å². The molecule has 0 atom stereocenters. The maximum absolute atomic E-state index is 11.9. The zero-order chi connectivity index (χ0) is 15.2. The van der Waals surface area contributed by atoms with Gasteiger partial charge in [0.15, 0.2) is 0 Å². The van der Waals surface area contributed by atoms with Gasteiger partial charge in [0, 0.05) is 17.3 Å². The maximum Gasteiger partial charge on any atom is 0.230 e. The number of amides is 1. The number of carbonyl (C=O) groups excluding carboxylic acids is 1. The Kier molecular flexibility index (Phi) is 4.65. The van der Waals surface area contributed by atoms with Gasteiger partial charge in [-0.3, -0.25) is 4.79 Å². The summed E-state index contributed by atoms with van der Waals surface area (Å²) in [5.74, 6) is 0.318. The van der Waals surface area contributed by atoms with Crippen LogP contribution >= 0.6 is 11.8 Å². The molecule has 5 heteroatoms. The lowest BCUT2D eigenvalue weighted by Crippen LogP contribution is -2.24. The van der Waals surface area contributed by atoms with Gasteiger partial charge in [-0.1, -0.05) is 66.4 Å². The number of carbonyl (C=O) groups is 1. The molecule has 2 aromatic carbocycles. The smallest absolute Gasteiger partial charge is 0.230 e. The van der Waals surface area contributed by atoms with Crippen molar-refractivity contribution in [1.29, 1.82) is 0 Å². The third kappa shape index (κ3) is 3.62. The molecule has 1 amide bonds. The highest BCUT2D eigenvalue weighted by Gasteiger charge is 2.07. The minimum atomic E-state index is -0.0106. The predicted molar refractivity (Wildman–Crippen MR) is 88.6 cm³/mol. The molecule has 1 heterocycles. The number of thioether (sulfide) groups is 1. The van der Waals surface area contributed by atoms with Crippen LogP contribution < -0.4 is 5.32 Å². The Morgan fingerprint density at radius 2 is 1.82 bits per heavy atom. The first kappa shape index (κ1) is 14.5. The van der Waals surface area contributed by atoms with Crippen LogP contribution in [0, 0.1) is 0 Å². The summed E-state index contributed by atoms with van der Waals surface area (Å²) >= 11 is 1.41. The topological polar surface area (TPSA) is 54.9 Å². The van der Waals surface area contributed by atoms with Crippen molar-refractivity contribution in [3.63, 3.8) is 0 Å². The van der Waals surface area contributed by atoms with Crippen molar-refractivity contribution in [3.8, 4) is 0 Å². The van der Waals surface area contributed by atoms with E-state index in [2.05, 4.69) is 15.5 Å². The number of rotatable bonds is 5. The van der Waals surface area contributed by atoms with Crippen LogP contribution in [0.2, 0.25) is 0 Å². The molecule has 1 N–H and O–H groups in total. The lowest BCUT2D eigenvalue weighted by atomic mass is 10.2. The lowest BCUT2D eigenvalue weighted by molar-refractivity contribution is -0.118. The van der Waals surface area contributed by atoms with E-state index in [1.165, 1.54) is 11.8 Å². The monoisotopic (exact) mass is 309 g/mol. The molecule has 3 rings (SSSR count). The van der Waals surface area contributed by atoms with Crippen molar-refractivity contribution < 1.29 is 4.79 Å². The fourth-order valence-corrected chi connectivity index (χ4v) is 2.91. The van der Waals surface area contributed by atoms with Gasteiger partial charge in [-0.2, -0.15) is 5.10 Å². The predicted octanol–water partition coefficient (Wildman–Crippen LogP) is 3.04. The van der Waals surface area contributed by atoms with Gasteiger partial charge in [0.1, 0.15) is 5.03 Å². The molecule has 0 spiro atoms. The highest BCUT2D eigenvalue weighted by Crippen LogP contribution is 2.24. The van der Waals surface area contributed by atoms with Gasteiger partial charge >= 0.3 is 0 Å². The van der Waals surface area contributed by atoms with Gasteiger partial charge in [0.05, 0.1) is 11.9 Å². The Morgan fingerprint density at radius 3 is 2.68 bits per heavy atom. The fraction of sp³-hybridized carbons (Fsp3) is 0.118. The summed E-state index contributed by atoms with van der Waals surface area (Å²) in [5.41, 5.74) is 1.09. The Hall–Kier alpha value is -2.40. The minimum absolute atomic E-state index is 0.0106. The molecule has 0 fully saturated rings. The standard InChI is InChI=1S/C17H15N3OS/c21-16(18-10-13-6-2-1-3-7-13)12-22-17-15-9-5-4-8-14(15)11-19-20-17/h1-9,11H,10,12H2,(H,18,21). The molecule has 22 heavy (non-hydrogen) atoms. The molecular weight excluding hydrogens is 294 g/mol. The van der Waals surface area contributed by atoms with E-state index in [9.17, 15) is 4.79 Å². The summed E-state index contributed by atoms with van der Waals surface area (Å²) in [7, 11) is 0. The van der Waals surface area contributed by atoms with Crippen molar-refractivity contribution in [1.82, 2.24) is 15.5 Å². The molecule has 1 aromatic heterocycles. The van der Waals surface area contributed by atoms with Crippen LogP contribution in [0.25, 0.3) is 10.8 Å². The van der Waals surface area contributed by atoms with Gasteiger partial charge in [-0.15, -0.1) is 5.10 Å². The van der Waals surface area contributed by atoms with Crippen molar-refractivity contribution in [2.75, 3.05) is 5.75 Å². The Labute approximate surface area is 133 Å². The SMILES string of the molecule is O=C(CSc1nncc2ccccc12)NCc1ccccc1. The number of benzene rings is 2. The van der Waals surface area contributed by atoms with Gasteiger partial charge in [0.2, 0.25) is 5.91 Å². The summed E-state index contributed by atoms with van der Waals surface area (Å²) in [5, 5.41) is 13.9. The second-order valence-corrected chi connectivity index (χ2v) is 5.75. The van der Waals surface area contributed by atoms with E-state index >= 15 is 0 Å². The molecular formula is C17H15N3OS. The normalized spacial score (nSPS) is 10.5. The Balaban J connectivity index is 1.58. The molecule has 3 aromatic rings. The van der Waals surface area contributed by atoms with E-state index in [-0.39, 0.29) is 5.91 Å². The third-order valence-electron chi connectivity index (χ3n) is 3.21. The third-order valence-corrected chi connectivity index (χ3v) is 4.19. The van der Waals surface area contributed by atoms with Crippen molar-refractivity contribution in [2.45, 2.75) is 11.6 Å². The quantitative estimate of drug-likeness (QED) is 0.736. The van der Waals surface area contributed by atoms with Gasteiger partial charge < -0.3 is 5.32 Å². The van der Waals surface area contributed by atoms with Crippen LogP contribution in [0.15, 0.2) is 65.8 Å². The van der Waals surface area contributed by atoms with E-state index < -0.39 is 0 Å². The molecule has 0 saturated carbocycles. The summed E-state index contributed by atoms with van der Waals surface area (Å²) in [4.78, 5) is 11.9. The average Bonchev–Trinajstić information content (AvgIpc) is 2.59. The number of nitrogens with zero attached hydrogens (tertiary/aromatic N) is 2. The van der Waals surface area contributed by atoms with Crippen LogP contribution in [0.1, 0.15) is 5.56 Å². The fourth-order valence-electron chi connectivity index (χ4n) is 2.09. The molecule has 4 nitrogen and oxygen atoms in total. The molecule has 0 aliphatic carbocycles. The van der Waals surface area contributed by atoms with Gasteiger partial charge in [-0.05, 0) is 5.56 Å². The molecule has 110 valence electrons.